The second-order valence-electron chi connectivity index (χ2n) is 6.70. The van der Waals surface area contributed by atoms with Crippen LogP contribution in [0.5, 0.6) is 5.75 Å². The number of amides is 2. The van der Waals surface area contributed by atoms with E-state index in [1.54, 1.807) is 36.0 Å². The molecule has 2 rings (SSSR count). The molecule has 1 atom stereocenters. The van der Waals surface area contributed by atoms with Crippen molar-refractivity contribution in [1.29, 1.82) is 0 Å². The summed E-state index contributed by atoms with van der Waals surface area (Å²) in [5, 5.41) is 20.2. The van der Waals surface area contributed by atoms with Gasteiger partial charge < -0.3 is 14.6 Å². The molecular formula is C23H28N2O6S. The molecule has 0 saturated heterocycles. The Morgan fingerprint density at radius 1 is 1.19 bits per heavy atom. The van der Waals surface area contributed by atoms with Gasteiger partial charge in [-0.15, -0.1) is 11.8 Å². The second kappa shape index (κ2) is 14.1. The van der Waals surface area contributed by atoms with Crippen LogP contribution in [0.3, 0.4) is 0 Å². The zero-order valence-electron chi connectivity index (χ0n) is 17.8. The molecule has 0 aliphatic heterocycles. The molecule has 172 valence electrons. The van der Waals surface area contributed by atoms with Crippen LogP contribution < -0.4 is 15.5 Å². The summed E-state index contributed by atoms with van der Waals surface area (Å²) < 4.78 is 11.2. The third-order valence-corrected chi connectivity index (χ3v) is 5.14. The van der Waals surface area contributed by atoms with E-state index in [-0.39, 0.29) is 13.2 Å². The van der Waals surface area contributed by atoms with E-state index in [4.69, 9.17) is 19.8 Å². The predicted molar refractivity (Wildman–Crippen MR) is 123 cm³/mol. The molecule has 0 radical (unpaired) electrons. The monoisotopic (exact) mass is 460 g/mol. The maximum Gasteiger partial charge on any atom is 0.412 e. The molecule has 0 aliphatic rings. The molecule has 0 spiro atoms. The maximum absolute atomic E-state index is 12.5. The van der Waals surface area contributed by atoms with Gasteiger partial charge in [0.05, 0.1) is 6.61 Å². The number of hydroxylamine groups is 1. The fourth-order valence-electron chi connectivity index (χ4n) is 2.86. The lowest BCUT2D eigenvalue weighted by Crippen LogP contribution is -2.18. The molecule has 0 saturated carbocycles. The summed E-state index contributed by atoms with van der Waals surface area (Å²) in [6, 6.07) is 14.6. The van der Waals surface area contributed by atoms with Crippen molar-refractivity contribution >= 4 is 29.4 Å². The molecule has 2 aromatic rings. The molecule has 8 nitrogen and oxygen atoms in total. The van der Waals surface area contributed by atoms with Gasteiger partial charge in [-0.3, -0.25) is 15.3 Å². The second-order valence-corrected chi connectivity index (χ2v) is 7.58. The van der Waals surface area contributed by atoms with E-state index in [1.165, 1.54) is 11.6 Å². The van der Waals surface area contributed by atoms with Crippen molar-refractivity contribution in [2.75, 3.05) is 24.8 Å². The number of allylic oxidation sites excluding steroid dienone is 1. The van der Waals surface area contributed by atoms with E-state index in [0.717, 1.165) is 10.5 Å². The first-order chi connectivity index (χ1) is 15.5. The Labute approximate surface area is 191 Å². The van der Waals surface area contributed by atoms with Gasteiger partial charge in [0.2, 0.25) is 0 Å². The van der Waals surface area contributed by atoms with Crippen molar-refractivity contribution in [2.45, 2.75) is 30.3 Å². The van der Waals surface area contributed by atoms with Crippen molar-refractivity contribution in [2.24, 2.45) is 0 Å². The Hall–Kier alpha value is -3.01. The molecule has 4 N–H and O–H groups in total. The van der Waals surface area contributed by atoms with Crippen molar-refractivity contribution in [3.05, 3.63) is 66.2 Å². The normalized spacial score (nSPS) is 11.7. The zero-order chi connectivity index (χ0) is 23.2. The highest BCUT2D eigenvalue weighted by atomic mass is 32.2. The number of rotatable bonds is 12. The number of anilines is 1. The number of carbonyl (C=O) groups excluding carboxylic acids is 2. The number of hydrogen-bond donors (Lipinski definition) is 4. The molecule has 0 fully saturated rings. The average Bonchev–Trinajstić information content (AvgIpc) is 2.82. The van der Waals surface area contributed by atoms with Crippen LogP contribution in [0.1, 0.15) is 30.9 Å². The standard InChI is InChI=1S/C23H28N2O6S/c1-32-20-12-10-18(11-13-20)24-23(28)31-21(8-3-2-4-9-22(27)25-29)17-6-5-7-19(16-17)30-15-14-26/h4-7,9-13,16,21,26,29H,2-3,8,14-15H2,1H3,(H,24,28)(H,25,27)/b9-4+/t21-/m1/s1. The summed E-state index contributed by atoms with van der Waals surface area (Å²) in [6.45, 7) is 0.0643. The van der Waals surface area contributed by atoms with Crippen LogP contribution in [0.15, 0.2) is 65.6 Å². The lowest BCUT2D eigenvalue weighted by Gasteiger charge is -2.19. The summed E-state index contributed by atoms with van der Waals surface area (Å²) in [6.07, 6.45) is 5.43. The van der Waals surface area contributed by atoms with Crippen LogP contribution in [0, 0.1) is 0 Å². The van der Waals surface area contributed by atoms with Gasteiger partial charge in [-0.1, -0.05) is 18.2 Å². The highest BCUT2D eigenvalue weighted by molar-refractivity contribution is 7.98. The van der Waals surface area contributed by atoms with Gasteiger partial charge in [-0.25, -0.2) is 10.3 Å². The minimum Gasteiger partial charge on any atom is -0.491 e. The highest BCUT2D eigenvalue weighted by Crippen LogP contribution is 2.28. The number of nitrogens with one attached hydrogen (secondary N) is 2. The predicted octanol–water partition coefficient (Wildman–Crippen LogP) is 4.30. The first-order valence-corrected chi connectivity index (χ1v) is 11.3. The van der Waals surface area contributed by atoms with Crippen molar-refractivity contribution in [3.8, 4) is 5.75 Å². The minimum absolute atomic E-state index is 0.102. The summed E-state index contributed by atoms with van der Waals surface area (Å²) >= 11 is 1.61. The fraction of sp³-hybridized carbons (Fsp3) is 0.304. The maximum atomic E-state index is 12.5. The van der Waals surface area contributed by atoms with Crippen molar-refractivity contribution < 1.29 is 29.4 Å². The Morgan fingerprint density at radius 3 is 2.66 bits per heavy atom. The van der Waals surface area contributed by atoms with Crippen LogP contribution >= 0.6 is 11.8 Å². The number of hydrogen-bond acceptors (Lipinski definition) is 7. The summed E-state index contributed by atoms with van der Waals surface area (Å²) in [5.74, 6) is -0.0314. The van der Waals surface area contributed by atoms with Crippen LogP contribution in [-0.2, 0) is 9.53 Å². The third-order valence-electron chi connectivity index (χ3n) is 4.39. The van der Waals surface area contributed by atoms with Gasteiger partial charge in [-0.2, -0.15) is 0 Å². The van der Waals surface area contributed by atoms with Crippen LogP contribution in [0.25, 0.3) is 0 Å². The Kier molecular flexibility index (Phi) is 11.1. The molecule has 0 aromatic heterocycles. The lowest BCUT2D eigenvalue weighted by atomic mass is 10.0. The van der Waals surface area contributed by atoms with E-state index in [2.05, 4.69) is 5.32 Å². The van der Waals surface area contributed by atoms with Gasteiger partial charge in [0.15, 0.2) is 0 Å². The van der Waals surface area contributed by atoms with Gasteiger partial charge in [-0.05, 0) is 67.5 Å². The lowest BCUT2D eigenvalue weighted by molar-refractivity contribution is -0.124. The van der Waals surface area contributed by atoms with E-state index < -0.39 is 18.1 Å². The summed E-state index contributed by atoms with van der Waals surface area (Å²) in [5.41, 5.74) is 2.92. The molecule has 2 aromatic carbocycles. The topological polar surface area (TPSA) is 117 Å². The molecule has 9 heteroatoms. The molecular weight excluding hydrogens is 432 g/mol. The van der Waals surface area contributed by atoms with Crippen LogP contribution in [-0.4, -0.2) is 41.8 Å². The zero-order valence-corrected chi connectivity index (χ0v) is 18.6. The minimum atomic E-state index is -0.599. The summed E-state index contributed by atoms with van der Waals surface area (Å²) in [7, 11) is 0. The molecule has 32 heavy (non-hydrogen) atoms. The Bertz CT molecular complexity index is 888. The first-order valence-electron chi connectivity index (χ1n) is 10.1. The van der Waals surface area contributed by atoms with Crippen LogP contribution in [0.2, 0.25) is 0 Å². The van der Waals surface area contributed by atoms with E-state index in [9.17, 15) is 9.59 Å². The number of benzene rings is 2. The largest absolute Gasteiger partial charge is 0.491 e. The fourth-order valence-corrected chi connectivity index (χ4v) is 3.27. The number of carbonyl (C=O) groups is 2. The van der Waals surface area contributed by atoms with Crippen molar-refractivity contribution in [3.63, 3.8) is 0 Å². The summed E-state index contributed by atoms with van der Waals surface area (Å²) in [4.78, 5) is 24.7. The third kappa shape index (κ3) is 9.01. The molecule has 0 bridgehead atoms. The van der Waals surface area contributed by atoms with Gasteiger partial charge >= 0.3 is 6.09 Å². The molecule has 0 heterocycles. The van der Waals surface area contributed by atoms with E-state index in [1.807, 2.05) is 36.6 Å². The van der Waals surface area contributed by atoms with Gasteiger partial charge in [0.1, 0.15) is 18.5 Å². The molecule has 0 aliphatic carbocycles. The Morgan fingerprint density at radius 2 is 1.97 bits per heavy atom. The SMILES string of the molecule is CSc1ccc(NC(=O)O[C@H](CCC/C=C/C(=O)NO)c2cccc(OCCO)c2)cc1. The smallest absolute Gasteiger partial charge is 0.412 e. The van der Waals surface area contributed by atoms with E-state index in [0.29, 0.717) is 30.7 Å². The average molecular weight is 461 g/mol. The number of aliphatic hydroxyl groups excluding tert-OH is 1. The molecule has 0 unspecified atom stereocenters. The van der Waals surface area contributed by atoms with Gasteiger partial charge in [0.25, 0.3) is 5.91 Å². The quantitative estimate of drug-likeness (QED) is 0.123. The number of unbranched alkanes of at least 4 members (excludes halogenated alkanes) is 1. The van der Waals surface area contributed by atoms with Crippen LogP contribution in [0.4, 0.5) is 10.5 Å². The van der Waals surface area contributed by atoms with Gasteiger partial charge in [0, 0.05) is 16.7 Å². The Balaban J connectivity index is 2.05. The first kappa shape index (κ1) is 25.3. The number of aliphatic hydroxyl groups is 1. The number of thioether (sulfide) groups is 1. The van der Waals surface area contributed by atoms with Crippen molar-refractivity contribution in [1.82, 2.24) is 5.48 Å². The molecule has 2 amide bonds. The number of ether oxygens (including phenoxy) is 2. The highest BCUT2D eigenvalue weighted by Gasteiger charge is 2.17. The van der Waals surface area contributed by atoms with E-state index >= 15 is 0 Å².